The summed E-state index contributed by atoms with van der Waals surface area (Å²) in [6.45, 7) is 0.944. The molecule has 1 fully saturated rings. The van der Waals surface area contributed by atoms with E-state index in [9.17, 15) is 0 Å². The normalized spacial score (nSPS) is 31.8. The molecule has 0 amide bonds. The van der Waals surface area contributed by atoms with Crippen LogP contribution in [0.1, 0.15) is 19.3 Å². The number of hydrogen-bond acceptors (Lipinski definition) is 1. The van der Waals surface area contributed by atoms with Gasteiger partial charge in [0.2, 0.25) is 0 Å². The Morgan fingerprint density at radius 3 is 2.60 bits per heavy atom. The van der Waals surface area contributed by atoms with Crippen LogP contribution in [-0.2, 0) is 4.74 Å². The van der Waals surface area contributed by atoms with E-state index in [-0.39, 0.29) is 0 Å². The molecule has 0 aromatic heterocycles. The molecule has 0 heterocycles. The van der Waals surface area contributed by atoms with Gasteiger partial charge in [0.25, 0.3) is 0 Å². The first-order valence-corrected chi connectivity index (χ1v) is 5.04. The van der Waals surface area contributed by atoms with Crippen molar-refractivity contribution in [2.75, 3.05) is 19.0 Å². The van der Waals surface area contributed by atoms with E-state index in [2.05, 4.69) is 15.9 Å². The fraction of sp³-hybridized carbons (Fsp3) is 1.00. The van der Waals surface area contributed by atoms with Crippen LogP contribution in [0.2, 0.25) is 0 Å². The summed E-state index contributed by atoms with van der Waals surface area (Å²) < 4.78 is 5.01. The van der Waals surface area contributed by atoms with Crippen molar-refractivity contribution in [3.05, 3.63) is 0 Å². The Bertz CT molecular complexity index is 86.5. The quantitative estimate of drug-likeness (QED) is 0.643. The highest BCUT2D eigenvalue weighted by molar-refractivity contribution is 9.09. The standard InChI is InChI=1S/C8H15BrO/c1-10-3-2-7-4-8(5-7)6-9/h7-8H,2-6H2,1H3. The molecule has 0 aromatic rings. The van der Waals surface area contributed by atoms with Crippen molar-refractivity contribution >= 4 is 15.9 Å². The lowest BCUT2D eigenvalue weighted by Crippen LogP contribution is -2.25. The van der Waals surface area contributed by atoms with Crippen LogP contribution in [-0.4, -0.2) is 19.0 Å². The van der Waals surface area contributed by atoms with Gasteiger partial charge in [-0.1, -0.05) is 15.9 Å². The molecule has 0 aromatic carbocycles. The van der Waals surface area contributed by atoms with Gasteiger partial charge in [0, 0.05) is 19.0 Å². The van der Waals surface area contributed by atoms with Gasteiger partial charge >= 0.3 is 0 Å². The first kappa shape index (κ1) is 8.54. The molecule has 1 aliphatic carbocycles. The molecule has 0 bridgehead atoms. The summed E-state index contributed by atoms with van der Waals surface area (Å²) in [5, 5.41) is 1.19. The van der Waals surface area contributed by atoms with E-state index >= 15 is 0 Å². The van der Waals surface area contributed by atoms with Crippen LogP contribution in [0.5, 0.6) is 0 Å². The molecular weight excluding hydrogens is 192 g/mol. The Balaban J connectivity index is 1.93. The molecular formula is C8H15BrO. The van der Waals surface area contributed by atoms with E-state index in [1.165, 1.54) is 24.6 Å². The minimum absolute atomic E-state index is 0.944. The third kappa shape index (κ3) is 2.24. The van der Waals surface area contributed by atoms with Crippen molar-refractivity contribution in [3.63, 3.8) is 0 Å². The van der Waals surface area contributed by atoms with Crippen LogP contribution in [0.15, 0.2) is 0 Å². The summed E-state index contributed by atoms with van der Waals surface area (Å²) in [6, 6.07) is 0. The molecule has 1 aliphatic rings. The Morgan fingerprint density at radius 1 is 1.40 bits per heavy atom. The number of ether oxygens (including phenoxy) is 1. The summed E-state index contributed by atoms with van der Waals surface area (Å²) in [5.41, 5.74) is 0. The number of halogens is 1. The van der Waals surface area contributed by atoms with Crippen LogP contribution in [0.25, 0.3) is 0 Å². The lowest BCUT2D eigenvalue weighted by atomic mass is 9.75. The van der Waals surface area contributed by atoms with Gasteiger partial charge in [-0.05, 0) is 31.1 Å². The second-order valence-corrected chi connectivity index (χ2v) is 3.79. The predicted octanol–water partition coefficient (Wildman–Crippen LogP) is 2.44. The van der Waals surface area contributed by atoms with Crippen molar-refractivity contribution in [2.24, 2.45) is 11.8 Å². The lowest BCUT2D eigenvalue weighted by Gasteiger charge is -2.33. The van der Waals surface area contributed by atoms with Crippen molar-refractivity contribution in [1.82, 2.24) is 0 Å². The second-order valence-electron chi connectivity index (χ2n) is 3.14. The molecule has 0 atom stereocenters. The van der Waals surface area contributed by atoms with Gasteiger partial charge in [0.1, 0.15) is 0 Å². The summed E-state index contributed by atoms with van der Waals surface area (Å²) in [6.07, 6.45) is 4.09. The third-order valence-electron chi connectivity index (χ3n) is 2.28. The fourth-order valence-electron chi connectivity index (χ4n) is 1.52. The first-order chi connectivity index (χ1) is 4.86. The van der Waals surface area contributed by atoms with Gasteiger partial charge in [-0.25, -0.2) is 0 Å². The van der Waals surface area contributed by atoms with Crippen molar-refractivity contribution in [2.45, 2.75) is 19.3 Å². The molecule has 1 rings (SSSR count). The van der Waals surface area contributed by atoms with Crippen molar-refractivity contribution in [1.29, 1.82) is 0 Å². The minimum atomic E-state index is 0.944. The molecule has 1 saturated carbocycles. The third-order valence-corrected chi connectivity index (χ3v) is 3.20. The number of methoxy groups -OCH3 is 1. The molecule has 0 saturated heterocycles. The highest BCUT2D eigenvalue weighted by atomic mass is 79.9. The maximum Gasteiger partial charge on any atom is 0.0464 e. The van der Waals surface area contributed by atoms with Crippen LogP contribution in [0.4, 0.5) is 0 Å². The number of alkyl halides is 1. The summed E-state index contributed by atoms with van der Waals surface area (Å²) in [5.74, 6) is 1.92. The van der Waals surface area contributed by atoms with Crippen LogP contribution >= 0.6 is 15.9 Å². The van der Waals surface area contributed by atoms with Crippen LogP contribution in [0.3, 0.4) is 0 Å². The van der Waals surface area contributed by atoms with E-state index in [1.807, 2.05) is 0 Å². The van der Waals surface area contributed by atoms with E-state index in [4.69, 9.17) is 4.74 Å². The molecule has 0 N–H and O–H groups in total. The number of hydrogen-bond donors (Lipinski definition) is 0. The van der Waals surface area contributed by atoms with E-state index in [0.29, 0.717) is 0 Å². The van der Waals surface area contributed by atoms with Gasteiger partial charge in [-0.15, -0.1) is 0 Å². The molecule has 0 spiro atoms. The zero-order valence-corrected chi connectivity index (χ0v) is 8.06. The van der Waals surface area contributed by atoms with Gasteiger partial charge in [0.05, 0.1) is 0 Å². The maximum atomic E-state index is 5.01. The maximum absolute atomic E-state index is 5.01. The highest BCUT2D eigenvalue weighted by Crippen LogP contribution is 2.36. The molecule has 0 radical (unpaired) electrons. The zero-order chi connectivity index (χ0) is 7.40. The van der Waals surface area contributed by atoms with E-state index < -0.39 is 0 Å². The molecule has 60 valence electrons. The van der Waals surface area contributed by atoms with E-state index in [0.717, 1.165) is 18.4 Å². The van der Waals surface area contributed by atoms with Gasteiger partial charge < -0.3 is 4.74 Å². The van der Waals surface area contributed by atoms with Crippen LogP contribution < -0.4 is 0 Å². The predicted molar refractivity (Wildman–Crippen MR) is 46.5 cm³/mol. The van der Waals surface area contributed by atoms with Gasteiger partial charge in [-0.2, -0.15) is 0 Å². The molecule has 1 nitrogen and oxygen atoms in total. The molecule has 0 unspecified atom stereocenters. The van der Waals surface area contributed by atoms with Crippen molar-refractivity contribution in [3.8, 4) is 0 Å². The molecule has 2 heteroatoms. The average Bonchev–Trinajstić information content (AvgIpc) is 1.86. The Kier molecular flexibility index (Phi) is 3.71. The summed E-state index contributed by atoms with van der Waals surface area (Å²) >= 11 is 3.49. The summed E-state index contributed by atoms with van der Waals surface area (Å²) in [7, 11) is 1.78. The Morgan fingerprint density at radius 2 is 2.10 bits per heavy atom. The lowest BCUT2D eigenvalue weighted by molar-refractivity contribution is 0.129. The van der Waals surface area contributed by atoms with E-state index in [1.54, 1.807) is 7.11 Å². The Hall–Kier alpha value is 0.440. The Labute approximate surface area is 71.3 Å². The largest absolute Gasteiger partial charge is 0.385 e. The average molecular weight is 207 g/mol. The second kappa shape index (κ2) is 4.35. The fourth-order valence-corrected chi connectivity index (χ4v) is 2.05. The van der Waals surface area contributed by atoms with Gasteiger partial charge in [-0.3, -0.25) is 0 Å². The first-order valence-electron chi connectivity index (χ1n) is 3.91. The number of rotatable bonds is 4. The monoisotopic (exact) mass is 206 g/mol. The highest BCUT2D eigenvalue weighted by Gasteiger charge is 2.27. The molecule has 0 aliphatic heterocycles. The van der Waals surface area contributed by atoms with Gasteiger partial charge in [0.15, 0.2) is 0 Å². The van der Waals surface area contributed by atoms with Crippen LogP contribution in [0, 0.1) is 11.8 Å². The topological polar surface area (TPSA) is 9.23 Å². The van der Waals surface area contributed by atoms with Crippen molar-refractivity contribution < 1.29 is 4.74 Å². The zero-order valence-electron chi connectivity index (χ0n) is 6.48. The minimum Gasteiger partial charge on any atom is -0.385 e. The summed E-state index contributed by atoms with van der Waals surface area (Å²) in [4.78, 5) is 0. The molecule has 10 heavy (non-hydrogen) atoms. The SMILES string of the molecule is COCCC1CC(CBr)C1. The smallest absolute Gasteiger partial charge is 0.0464 e.